The van der Waals surface area contributed by atoms with Gasteiger partial charge in [-0.25, -0.2) is 4.98 Å². The zero-order valence-electron chi connectivity index (χ0n) is 9.64. The summed E-state index contributed by atoms with van der Waals surface area (Å²) in [5.74, 6) is 0.239. The molecule has 2 nitrogen and oxygen atoms in total. The second-order valence-electron chi connectivity index (χ2n) is 4.16. The number of thiazole rings is 1. The lowest BCUT2D eigenvalue weighted by atomic mass is 10.2. The van der Waals surface area contributed by atoms with Crippen molar-refractivity contribution in [3.8, 4) is 16.3 Å². The van der Waals surface area contributed by atoms with E-state index in [1.54, 1.807) is 17.4 Å². The van der Waals surface area contributed by atoms with Gasteiger partial charge in [-0.2, -0.15) is 0 Å². The maximum absolute atomic E-state index is 9.71. The van der Waals surface area contributed by atoms with Crippen LogP contribution in [0.15, 0.2) is 40.9 Å². The maximum atomic E-state index is 9.71. The van der Waals surface area contributed by atoms with E-state index in [0.717, 1.165) is 20.8 Å². The fraction of sp³-hybridized carbons (Fsp3) is 0.0714. The summed E-state index contributed by atoms with van der Waals surface area (Å²) in [6, 6.07) is 11.8. The van der Waals surface area contributed by atoms with Gasteiger partial charge in [0.25, 0.3) is 0 Å². The van der Waals surface area contributed by atoms with E-state index in [2.05, 4.69) is 46.0 Å². The third kappa shape index (κ3) is 2.02. The average molecular weight is 320 g/mol. The van der Waals surface area contributed by atoms with Crippen LogP contribution in [0.25, 0.3) is 20.8 Å². The lowest BCUT2D eigenvalue weighted by Gasteiger charge is -1.99. The molecule has 1 heterocycles. The molecule has 0 aliphatic carbocycles. The zero-order valence-corrected chi connectivity index (χ0v) is 12.0. The largest absolute Gasteiger partial charge is 0.507 e. The molecule has 0 spiro atoms. The van der Waals surface area contributed by atoms with Crippen molar-refractivity contribution < 1.29 is 5.11 Å². The number of phenolic OH excluding ortho intramolecular Hbond substituents is 1. The van der Waals surface area contributed by atoms with E-state index in [0.29, 0.717) is 4.47 Å². The molecule has 0 aliphatic rings. The van der Waals surface area contributed by atoms with Crippen LogP contribution in [0.3, 0.4) is 0 Å². The molecule has 0 unspecified atom stereocenters. The second kappa shape index (κ2) is 4.37. The Morgan fingerprint density at radius 3 is 2.78 bits per heavy atom. The molecule has 2 aromatic carbocycles. The van der Waals surface area contributed by atoms with Gasteiger partial charge in [0, 0.05) is 5.56 Å². The van der Waals surface area contributed by atoms with Crippen molar-refractivity contribution in [3.05, 3.63) is 46.4 Å². The summed E-state index contributed by atoms with van der Waals surface area (Å²) in [4.78, 5) is 4.61. The Kier molecular flexibility index (Phi) is 2.84. The van der Waals surface area contributed by atoms with Gasteiger partial charge in [0.1, 0.15) is 10.8 Å². The van der Waals surface area contributed by atoms with Crippen molar-refractivity contribution in [3.63, 3.8) is 0 Å². The molecular formula is C14H10BrNOS. The first kappa shape index (κ1) is 11.7. The van der Waals surface area contributed by atoms with Crippen LogP contribution in [0.5, 0.6) is 5.75 Å². The molecule has 0 bridgehead atoms. The Hall–Kier alpha value is -1.39. The third-order valence-corrected chi connectivity index (χ3v) is 4.49. The number of aromatic hydroxyl groups is 1. The fourth-order valence-electron chi connectivity index (χ4n) is 1.81. The first-order chi connectivity index (χ1) is 8.63. The molecule has 18 heavy (non-hydrogen) atoms. The smallest absolute Gasteiger partial charge is 0.130 e. The van der Waals surface area contributed by atoms with Gasteiger partial charge >= 0.3 is 0 Å². The van der Waals surface area contributed by atoms with Gasteiger partial charge in [0.2, 0.25) is 0 Å². The van der Waals surface area contributed by atoms with Crippen molar-refractivity contribution in [2.24, 2.45) is 0 Å². The number of aryl methyl sites for hydroxylation is 1. The lowest BCUT2D eigenvalue weighted by Crippen LogP contribution is -1.77. The normalized spacial score (nSPS) is 11.0. The summed E-state index contributed by atoms with van der Waals surface area (Å²) in [7, 11) is 0. The number of hydrogen-bond donors (Lipinski definition) is 1. The van der Waals surface area contributed by atoms with Crippen LogP contribution in [0.2, 0.25) is 0 Å². The molecule has 0 amide bonds. The van der Waals surface area contributed by atoms with Gasteiger partial charge in [-0.05, 0) is 52.7 Å². The predicted molar refractivity (Wildman–Crippen MR) is 79.2 cm³/mol. The highest BCUT2D eigenvalue weighted by Crippen LogP contribution is 2.34. The van der Waals surface area contributed by atoms with E-state index < -0.39 is 0 Å². The minimum atomic E-state index is 0.239. The van der Waals surface area contributed by atoms with E-state index in [-0.39, 0.29) is 5.75 Å². The van der Waals surface area contributed by atoms with Crippen molar-refractivity contribution >= 4 is 37.5 Å². The van der Waals surface area contributed by atoms with Crippen LogP contribution in [-0.4, -0.2) is 10.1 Å². The number of benzene rings is 2. The number of nitrogens with zero attached hydrogens (tertiary/aromatic N) is 1. The molecule has 1 aromatic heterocycles. The van der Waals surface area contributed by atoms with Crippen LogP contribution in [-0.2, 0) is 0 Å². The van der Waals surface area contributed by atoms with Crippen LogP contribution in [0, 0.1) is 6.92 Å². The molecular weight excluding hydrogens is 310 g/mol. The highest BCUT2D eigenvalue weighted by atomic mass is 79.9. The highest BCUT2D eigenvalue weighted by molar-refractivity contribution is 9.10. The van der Waals surface area contributed by atoms with Gasteiger partial charge in [-0.15, -0.1) is 11.3 Å². The molecule has 0 saturated carbocycles. The standard InChI is InChI=1S/C14H10BrNOS/c1-8-2-5-13-11(6-8)16-14(18-13)9-3-4-10(15)12(17)7-9/h2-7,17H,1H3. The van der Waals surface area contributed by atoms with E-state index in [1.807, 2.05) is 12.1 Å². The molecule has 0 saturated heterocycles. The molecule has 3 aromatic rings. The molecule has 1 N–H and O–H groups in total. The predicted octanol–water partition coefficient (Wildman–Crippen LogP) is 4.74. The average Bonchev–Trinajstić information content (AvgIpc) is 2.75. The SMILES string of the molecule is Cc1ccc2sc(-c3ccc(Br)c(O)c3)nc2c1. The Labute approximate surface area is 117 Å². The summed E-state index contributed by atoms with van der Waals surface area (Å²) in [6.45, 7) is 2.06. The van der Waals surface area contributed by atoms with Crippen LogP contribution in [0.4, 0.5) is 0 Å². The Balaban J connectivity index is 2.16. The van der Waals surface area contributed by atoms with E-state index in [9.17, 15) is 5.11 Å². The number of phenols is 1. The van der Waals surface area contributed by atoms with Crippen LogP contribution in [0.1, 0.15) is 5.56 Å². The number of hydrogen-bond acceptors (Lipinski definition) is 3. The molecule has 0 radical (unpaired) electrons. The first-order valence-corrected chi connectivity index (χ1v) is 7.10. The number of aromatic nitrogens is 1. The van der Waals surface area contributed by atoms with Gasteiger partial charge in [-0.1, -0.05) is 12.1 Å². The number of fused-ring (bicyclic) bond motifs is 1. The minimum absolute atomic E-state index is 0.239. The Morgan fingerprint density at radius 1 is 1.17 bits per heavy atom. The molecule has 4 heteroatoms. The zero-order chi connectivity index (χ0) is 12.7. The van der Waals surface area contributed by atoms with Gasteiger partial charge in [0.05, 0.1) is 14.7 Å². The topological polar surface area (TPSA) is 33.1 Å². The minimum Gasteiger partial charge on any atom is -0.507 e. The summed E-state index contributed by atoms with van der Waals surface area (Å²) in [5, 5.41) is 10.6. The molecule has 0 fully saturated rings. The van der Waals surface area contributed by atoms with Crippen molar-refractivity contribution in [1.29, 1.82) is 0 Å². The quantitative estimate of drug-likeness (QED) is 0.702. The van der Waals surface area contributed by atoms with Gasteiger partial charge in [0.15, 0.2) is 0 Å². The summed E-state index contributed by atoms with van der Waals surface area (Å²) in [5.41, 5.74) is 3.16. The summed E-state index contributed by atoms with van der Waals surface area (Å²) >= 11 is 4.92. The Bertz CT molecular complexity index is 736. The fourth-order valence-corrected chi connectivity index (χ4v) is 3.00. The number of halogens is 1. The third-order valence-electron chi connectivity index (χ3n) is 2.74. The van der Waals surface area contributed by atoms with Gasteiger partial charge in [-0.3, -0.25) is 0 Å². The molecule has 3 rings (SSSR count). The molecule has 0 atom stereocenters. The van der Waals surface area contributed by atoms with Crippen LogP contribution < -0.4 is 0 Å². The van der Waals surface area contributed by atoms with E-state index in [1.165, 1.54) is 5.56 Å². The second-order valence-corrected chi connectivity index (χ2v) is 6.04. The van der Waals surface area contributed by atoms with E-state index in [4.69, 9.17) is 0 Å². The lowest BCUT2D eigenvalue weighted by molar-refractivity contribution is 0.472. The summed E-state index contributed by atoms with van der Waals surface area (Å²) in [6.07, 6.45) is 0. The van der Waals surface area contributed by atoms with E-state index >= 15 is 0 Å². The Morgan fingerprint density at radius 2 is 2.00 bits per heavy atom. The highest BCUT2D eigenvalue weighted by Gasteiger charge is 2.08. The van der Waals surface area contributed by atoms with Crippen molar-refractivity contribution in [2.75, 3.05) is 0 Å². The van der Waals surface area contributed by atoms with Gasteiger partial charge < -0.3 is 5.11 Å². The summed E-state index contributed by atoms with van der Waals surface area (Å²) < 4.78 is 1.86. The first-order valence-electron chi connectivity index (χ1n) is 5.49. The number of rotatable bonds is 1. The monoisotopic (exact) mass is 319 g/mol. The maximum Gasteiger partial charge on any atom is 0.130 e. The van der Waals surface area contributed by atoms with Crippen LogP contribution >= 0.6 is 27.3 Å². The molecule has 0 aliphatic heterocycles. The molecule has 90 valence electrons. The van der Waals surface area contributed by atoms with Crippen molar-refractivity contribution in [1.82, 2.24) is 4.98 Å². The van der Waals surface area contributed by atoms with Crippen molar-refractivity contribution in [2.45, 2.75) is 6.92 Å².